The van der Waals surface area contributed by atoms with Crippen molar-refractivity contribution in [2.24, 2.45) is 15.4 Å². The maximum absolute atomic E-state index is 9.97. The van der Waals surface area contributed by atoms with Crippen LogP contribution in [0.3, 0.4) is 0 Å². The highest BCUT2D eigenvalue weighted by molar-refractivity contribution is 6.07. The fraction of sp³-hybridized carbons (Fsp3) is 0.250. The number of nitriles is 2. The van der Waals surface area contributed by atoms with Gasteiger partial charge in [-0.1, -0.05) is 17.3 Å². The second kappa shape index (κ2) is 7.01. The number of phenolic OH excluding ortho intramolecular Hbond substituents is 1. The van der Waals surface area contributed by atoms with E-state index in [-0.39, 0.29) is 28.8 Å². The van der Waals surface area contributed by atoms with Gasteiger partial charge in [0.25, 0.3) is 12.2 Å². The number of aliphatic hydroxyl groups excluding tert-OH is 1. The van der Waals surface area contributed by atoms with Crippen molar-refractivity contribution in [3.05, 3.63) is 41.2 Å². The average Bonchev–Trinajstić information content (AvgIpc) is 3.19. The van der Waals surface area contributed by atoms with Crippen molar-refractivity contribution < 1.29 is 15.1 Å². The molecule has 10 heteroatoms. The standard InChI is InChI=1S/C16H13N7O3/c1-2-23-11(8-18)10(7-17)19-16(23)21-20-14-13(22-26-15(14)25)9-5-3-4-6-12(9)24/h3-6,14-15,24-25H,2H2,1H3. The molecule has 1 aromatic carbocycles. The normalized spacial score (nSPS) is 19.0. The predicted octanol–water partition coefficient (Wildman–Crippen LogP) is 1.56. The number of oxime groups is 1. The summed E-state index contributed by atoms with van der Waals surface area (Å²) in [5.74, 6) is 0.00840. The van der Waals surface area contributed by atoms with E-state index in [1.54, 1.807) is 25.1 Å². The molecule has 130 valence electrons. The van der Waals surface area contributed by atoms with Crippen LogP contribution in [0.15, 0.2) is 39.6 Å². The minimum Gasteiger partial charge on any atom is -0.507 e. The van der Waals surface area contributed by atoms with Crippen molar-refractivity contribution in [3.63, 3.8) is 0 Å². The van der Waals surface area contributed by atoms with Crippen molar-refractivity contribution in [2.75, 3.05) is 0 Å². The number of aromatic nitrogens is 2. The van der Waals surface area contributed by atoms with Gasteiger partial charge in [0.1, 0.15) is 23.6 Å². The Balaban J connectivity index is 1.97. The van der Waals surface area contributed by atoms with Crippen LogP contribution in [0.4, 0.5) is 5.95 Å². The lowest BCUT2D eigenvalue weighted by molar-refractivity contribution is -0.0842. The smallest absolute Gasteiger partial charge is 0.254 e. The van der Waals surface area contributed by atoms with Crippen LogP contribution in [-0.4, -0.2) is 37.8 Å². The van der Waals surface area contributed by atoms with E-state index in [1.807, 2.05) is 12.1 Å². The van der Waals surface area contributed by atoms with Crippen molar-refractivity contribution in [3.8, 4) is 17.9 Å². The van der Waals surface area contributed by atoms with Crippen LogP contribution in [0.25, 0.3) is 0 Å². The topological polar surface area (TPSA) is 152 Å². The van der Waals surface area contributed by atoms with Crippen LogP contribution in [0.1, 0.15) is 23.9 Å². The molecule has 1 aliphatic rings. The number of hydrogen-bond acceptors (Lipinski definition) is 9. The highest BCUT2D eigenvalue weighted by Crippen LogP contribution is 2.26. The number of para-hydroxylation sites is 1. The zero-order valence-corrected chi connectivity index (χ0v) is 13.6. The summed E-state index contributed by atoms with van der Waals surface area (Å²) in [5.41, 5.74) is 0.583. The third-order valence-electron chi connectivity index (χ3n) is 3.74. The molecular formula is C16H13N7O3. The molecule has 0 radical (unpaired) electrons. The van der Waals surface area contributed by atoms with E-state index in [9.17, 15) is 15.5 Å². The molecular weight excluding hydrogens is 338 g/mol. The second-order valence-corrected chi connectivity index (χ2v) is 5.23. The van der Waals surface area contributed by atoms with Crippen LogP contribution in [0, 0.1) is 22.7 Å². The molecule has 2 N–H and O–H groups in total. The Hall–Kier alpha value is -3.76. The zero-order chi connectivity index (χ0) is 18.7. The molecule has 2 unspecified atom stereocenters. The van der Waals surface area contributed by atoms with Gasteiger partial charge in [-0.25, -0.2) is 0 Å². The first-order chi connectivity index (χ1) is 12.6. The maximum atomic E-state index is 9.97. The maximum Gasteiger partial charge on any atom is 0.254 e. The Bertz CT molecular complexity index is 981. The first-order valence-electron chi connectivity index (χ1n) is 7.62. The fourth-order valence-corrected chi connectivity index (χ4v) is 2.49. The van der Waals surface area contributed by atoms with Gasteiger partial charge < -0.3 is 15.1 Å². The van der Waals surface area contributed by atoms with Gasteiger partial charge in [0, 0.05) is 12.1 Å². The van der Waals surface area contributed by atoms with Crippen LogP contribution in [-0.2, 0) is 11.4 Å². The Morgan fingerprint density at radius 2 is 2.08 bits per heavy atom. The zero-order valence-electron chi connectivity index (χ0n) is 13.6. The molecule has 0 fully saturated rings. The number of aromatic hydroxyl groups is 1. The van der Waals surface area contributed by atoms with E-state index >= 15 is 0 Å². The Morgan fingerprint density at radius 1 is 1.31 bits per heavy atom. The summed E-state index contributed by atoms with van der Waals surface area (Å²) in [4.78, 5) is 8.83. The number of azo groups is 1. The molecule has 2 heterocycles. The molecule has 26 heavy (non-hydrogen) atoms. The summed E-state index contributed by atoms with van der Waals surface area (Å²) in [5, 5.41) is 49.9. The minimum absolute atomic E-state index is 0.0438. The van der Waals surface area contributed by atoms with Crippen molar-refractivity contribution in [2.45, 2.75) is 25.8 Å². The lowest BCUT2D eigenvalue weighted by Crippen LogP contribution is -2.27. The lowest BCUT2D eigenvalue weighted by Gasteiger charge is -2.09. The highest BCUT2D eigenvalue weighted by Gasteiger charge is 2.35. The molecule has 3 rings (SSSR count). The average molecular weight is 351 g/mol. The van der Waals surface area contributed by atoms with Gasteiger partial charge in [-0.05, 0) is 19.1 Å². The van der Waals surface area contributed by atoms with Crippen LogP contribution in [0.2, 0.25) is 0 Å². The molecule has 0 saturated carbocycles. The van der Waals surface area contributed by atoms with Gasteiger partial charge in [0.15, 0.2) is 17.4 Å². The number of hydrogen-bond donors (Lipinski definition) is 2. The Labute approximate surface area is 147 Å². The molecule has 2 aromatic rings. The van der Waals surface area contributed by atoms with Gasteiger partial charge in [0.2, 0.25) is 0 Å². The van der Waals surface area contributed by atoms with Crippen molar-refractivity contribution in [1.82, 2.24) is 9.55 Å². The molecule has 0 saturated heterocycles. The van der Waals surface area contributed by atoms with Gasteiger partial charge in [-0.15, -0.1) is 5.11 Å². The molecule has 0 spiro atoms. The van der Waals surface area contributed by atoms with Crippen LogP contribution < -0.4 is 0 Å². The van der Waals surface area contributed by atoms with E-state index < -0.39 is 12.3 Å². The number of rotatable bonds is 4. The molecule has 1 aliphatic heterocycles. The highest BCUT2D eigenvalue weighted by atomic mass is 16.7. The SMILES string of the molecule is CCn1c(N=NC2C(c3ccccc3O)=NOC2O)nc(C#N)c1C#N. The quantitative estimate of drug-likeness (QED) is 0.797. The van der Waals surface area contributed by atoms with E-state index in [4.69, 9.17) is 10.1 Å². The predicted molar refractivity (Wildman–Crippen MR) is 87.4 cm³/mol. The van der Waals surface area contributed by atoms with E-state index in [1.165, 1.54) is 10.6 Å². The minimum atomic E-state index is -1.38. The molecule has 0 bridgehead atoms. The second-order valence-electron chi connectivity index (χ2n) is 5.23. The largest absolute Gasteiger partial charge is 0.507 e. The Morgan fingerprint density at radius 3 is 2.73 bits per heavy atom. The summed E-state index contributed by atoms with van der Waals surface area (Å²) in [6.07, 6.45) is -1.38. The van der Waals surface area contributed by atoms with Gasteiger partial charge >= 0.3 is 0 Å². The molecule has 2 atom stereocenters. The van der Waals surface area contributed by atoms with E-state index in [0.29, 0.717) is 12.1 Å². The van der Waals surface area contributed by atoms with Gasteiger partial charge in [-0.3, -0.25) is 4.57 Å². The fourth-order valence-electron chi connectivity index (χ4n) is 2.49. The summed E-state index contributed by atoms with van der Waals surface area (Å²) in [6, 6.07) is 9.16. The monoisotopic (exact) mass is 351 g/mol. The van der Waals surface area contributed by atoms with E-state index in [2.05, 4.69) is 20.4 Å². The van der Waals surface area contributed by atoms with E-state index in [0.717, 1.165) is 0 Å². The summed E-state index contributed by atoms with van der Waals surface area (Å²) in [6.45, 7) is 2.13. The first-order valence-corrected chi connectivity index (χ1v) is 7.62. The Kier molecular flexibility index (Phi) is 4.60. The van der Waals surface area contributed by atoms with Crippen LogP contribution in [0.5, 0.6) is 5.75 Å². The number of phenols is 1. The molecule has 0 amide bonds. The molecule has 0 aliphatic carbocycles. The summed E-state index contributed by atoms with van der Waals surface area (Å²) >= 11 is 0. The number of benzene rings is 1. The molecule has 1 aromatic heterocycles. The number of nitrogens with zero attached hydrogens (tertiary/aromatic N) is 7. The van der Waals surface area contributed by atoms with Crippen molar-refractivity contribution >= 4 is 11.7 Å². The summed E-state index contributed by atoms with van der Waals surface area (Å²) in [7, 11) is 0. The van der Waals surface area contributed by atoms with Crippen molar-refractivity contribution in [1.29, 1.82) is 10.5 Å². The molecule has 10 nitrogen and oxygen atoms in total. The third kappa shape index (κ3) is 2.85. The third-order valence-corrected chi connectivity index (χ3v) is 3.74. The summed E-state index contributed by atoms with van der Waals surface area (Å²) < 4.78 is 1.43. The number of aliphatic hydroxyl groups is 1. The first kappa shape index (κ1) is 17.1. The lowest BCUT2D eigenvalue weighted by atomic mass is 10.0. The van der Waals surface area contributed by atoms with Gasteiger partial charge in [-0.2, -0.15) is 20.6 Å². The van der Waals surface area contributed by atoms with Crippen LogP contribution >= 0.6 is 0 Å². The number of imidazole rings is 1. The van der Waals surface area contributed by atoms with Gasteiger partial charge in [0.05, 0.1) is 0 Å².